The van der Waals surface area contributed by atoms with Crippen LogP contribution in [-0.4, -0.2) is 85.9 Å². The summed E-state index contributed by atoms with van der Waals surface area (Å²) in [5, 5.41) is 14.5. The number of anilines is 1. The summed E-state index contributed by atoms with van der Waals surface area (Å²) >= 11 is 6.75. The second-order valence-electron chi connectivity index (χ2n) is 14.0. The average Bonchev–Trinajstić information content (AvgIpc) is 3.80. The molecule has 2 aromatic carbocycles. The number of fused-ring (bicyclic) bond motifs is 5. The Balaban J connectivity index is 1.49. The SMILES string of the molecule is COc1cc2cc(c1Cl)N(C)C(=O)C[C@H](OC(=O)CCc1ccc(C(C)=O)cc1)[C@]1(C)O[C@H]1[C@H](C)[C@@H]1C[C@@](O)(NC(=O)O1)[C@H](OC)/C=C/C=C(\C)C2. The van der Waals surface area contributed by atoms with Crippen LogP contribution in [0.4, 0.5) is 10.5 Å². The first-order valence-electron chi connectivity index (χ1n) is 17.3. The Labute approximate surface area is 309 Å². The molecule has 0 unspecified atom stereocenters. The van der Waals surface area contributed by atoms with E-state index in [0.717, 1.165) is 16.7 Å². The van der Waals surface area contributed by atoms with E-state index in [1.165, 1.54) is 26.0 Å². The van der Waals surface area contributed by atoms with Gasteiger partial charge in [0.1, 0.15) is 34.7 Å². The Morgan fingerprint density at radius 3 is 2.52 bits per heavy atom. The minimum atomic E-state index is -1.80. The topological polar surface area (TPSA) is 153 Å². The van der Waals surface area contributed by atoms with E-state index in [-0.39, 0.29) is 36.0 Å². The molecule has 7 atom stereocenters. The molecule has 5 rings (SSSR count). The number of carbonyl (C=O) groups is 4. The normalized spacial score (nSPS) is 30.9. The number of nitrogens with one attached hydrogen (secondary N) is 1. The molecule has 2 N–H and O–H groups in total. The van der Waals surface area contributed by atoms with Crippen LogP contribution in [0.1, 0.15) is 68.4 Å². The van der Waals surface area contributed by atoms with E-state index in [2.05, 4.69) is 5.32 Å². The number of nitrogens with zero attached hydrogens (tertiary/aromatic N) is 1. The summed E-state index contributed by atoms with van der Waals surface area (Å²) in [6.45, 7) is 6.99. The summed E-state index contributed by atoms with van der Waals surface area (Å²) in [7, 11) is 4.54. The lowest BCUT2D eigenvalue weighted by Gasteiger charge is -2.42. The summed E-state index contributed by atoms with van der Waals surface area (Å²) in [4.78, 5) is 53.4. The van der Waals surface area contributed by atoms with Crippen molar-refractivity contribution in [2.75, 3.05) is 26.2 Å². The molecule has 3 aliphatic heterocycles. The molecule has 280 valence electrons. The second-order valence-corrected chi connectivity index (χ2v) is 14.4. The van der Waals surface area contributed by atoms with Gasteiger partial charge in [-0.15, -0.1) is 0 Å². The number of benzene rings is 2. The lowest BCUT2D eigenvalue weighted by molar-refractivity contribution is -0.153. The number of aryl methyl sites for hydroxylation is 1. The van der Waals surface area contributed by atoms with Gasteiger partial charge in [0.15, 0.2) is 11.5 Å². The minimum absolute atomic E-state index is 0.0129. The van der Waals surface area contributed by atoms with E-state index < -0.39 is 53.7 Å². The number of halogens is 1. The third-order valence-electron chi connectivity index (χ3n) is 10.2. The van der Waals surface area contributed by atoms with E-state index >= 15 is 0 Å². The van der Waals surface area contributed by atoms with Gasteiger partial charge >= 0.3 is 12.1 Å². The molecular formula is C39H47ClN2O10. The van der Waals surface area contributed by atoms with Crippen molar-refractivity contribution in [3.63, 3.8) is 0 Å². The van der Waals surface area contributed by atoms with Gasteiger partial charge in [-0.1, -0.05) is 66.6 Å². The number of methoxy groups -OCH3 is 2. The molecule has 52 heavy (non-hydrogen) atoms. The van der Waals surface area contributed by atoms with Gasteiger partial charge in [0, 0.05) is 38.5 Å². The quantitative estimate of drug-likeness (QED) is 0.212. The molecule has 0 aliphatic carbocycles. The van der Waals surface area contributed by atoms with Crippen molar-refractivity contribution in [3.05, 3.63) is 81.9 Å². The Morgan fingerprint density at radius 1 is 1.15 bits per heavy atom. The lowest BCUT2D eigenvalue weighted by Crippen LogP contribution is -2.63. The molecule has 2 aromatic rings. The Morgan fingerprint density at radius 2 is 1.87 bits per heavy atom. The van der Waals surface area contributed by atoms with Crippen molar-refractivity contribution < 1.29 is 48.0 Å². The van der Waals surface area contributed by atoms with Crippen LogP contribution in [-0.2, 0) is 41.4 Å². The zero-order valence-corrected chi connectivity index (χ0v) is 31.3. The van der Waals surface area contributed by atoms with Crippen LogP contribution in [0.25, 0.3) is 0 Å². The van der Waals surface area contributed by atoms with Gasteiger partial charge in [0.25, 0.3) is 0 Å². The smallest absolute Gasteiger partial charge is 0.409 e. The maximum atomic E-state index is 14.1. The number of alkyl carbamates (subject to hydrolysis) is 1. The van der Waals surface area contributed by atoms with E-state index in [1.54, 1.807) is 56.5 Å². The third kappa shape index (κ3) is 8.52. The van der Waals surface area contributed by atoms with Gasteiger partial charge in [0.2, 0.25) is 5.91 Å². The summed E-state index contributed by atoms with van der Waals surface area (Å²) in [6, 6.07) is 10.6. The first-order chi connectivity index (χ1) is 24.6. The number of epoxide rings is 1. The molecule has 0 radical (unpaired) electrons. The highest BCUT2D eigenvalue weighted by atomic mass is 35.5. The molecule has 2 saturated heterocycles. The average molecular weight is 739 g/mol. The molecule has 13 heteroatoms. The number of hydrogen-bond donors (Lipinski definition) is 2. The molecule has 0 spiro atoms. The predicted molar refractivity (Wildman–Crippen MR) is 193 cm³/mol. The van der Waals surface area contributed by atoms with Crippen LogP contribution >= 0.6 is 11.6 Å². The van der Waals surface area contributed by atoms with E-state index in [1.807, 2.05) is 26.0 Å². The van der Waals surface area contributed by atoms with E-state index in [0.29, 0.717) is 29.8 Å². The van der Waals surface area contributed by atoms with Crippen LogP contribution in [0, 0.1) is 5.92 Å². The van der Waals surface area contributed by atoms with Crippen LogP contribution < -0.4 is 15.0 Å². The standard InChI is InChI=1S/C39H47ClN2O10/c1-22-9-8-10-31(49-7)39(47)21-30(50-37(46)41-39)23(2)36-38(4,52-36)32(51-34(45)16-13-25-11-14-27(15-12-25)24(3)43)20-33(44)42(5)28-18-26(17-22)19-29(48-6)35(28)40/h8-12,14-15,18-19,23,30-32,36,47H,13,16-17,20-21H2,1-7H3,(H,41,46)/b10-8+,22-9+/t23-,30+,31-,32+,36+,38+,39+/m1/s1. The summed E-state index contributed by atoms with van der Waals surface area (Å²) in [5.74, 6) is -1.09. The van der Waals surface area contributed by atoms with Gasteiger partial charge in [0.05, 0.1) is 25.3 Å². The number of carbonyl (C=O) groups excluding carboxylic acids is 4. The summed E-state index contributed by atoms with van der Waals surface area (Å²) in [6.07, 6.45) is 1.65. The highest BCUT2D eigenvalue weighted by Crippen LogP contribution is 2.49. The number of aliphatic hydroxyl groups is 1. The molecule has 12 nitrogen and oxygen atoms in total. The van der Waals surface area contributed by atoms with E-state index in [4.69, 9.17) is 35.3 Å². The molecule has 0 aromatic heterocycles. The molecule has 2 fully saturated rings. The molecule has 3 heterocycles. The van der Waals surface area contributed by atoms with Crippen LogP contribution in [0.2, 0.25) is 5.02 Å². The number of hydrogen-bond acceptors (Lipinski definition) is 10. The van der Waals surface area contributed by atoms with Crippen LogP contribution in [0.15, 0.2) is 60.2 Å². The van der Waals surface area contributed by atoms with Gasteiger partial charge in [-0.3, -0.25) is 19.7 Å². The van der Waals surface area contributed by atoms with Gasteiger partial charge in [-0.2, -0.15) is 0 Å². The maximum absolute atomic E-state index is 14.1. The highest BCUT2D eigenvalue weighted by Gasteiger charge is 2.64. The predicted octanol–water partition coefficient (Wildman–Crippen LogP) is 5.50. The van der Waals surface area contributed by atoms with E-state index in [9.17, 15) is 24.3 Å². The monoisotopic (exact) mass is 738 g/mol. The second kappa shape index (κ2) is 15.8. The lowest BCUT2D eigenvalue weighted by atomic mass is 9.83. The van der Waals surface area contributed by atoms with Crippen LogP contribution in [0.3, 0.4) is 0 Å². The minimum Gasteiger partial charge on any atom is -0.495 e. The van der Waals surface area contributed by atoms with Gasteiger partial charge in [-0.25, -0.2) is 4.79 Å². The zero-order valence-electron chi connectivity index (χ0n) is 30.6. The maximum Gasteiger partial charge on any atom is 0.409 e. The number of amides is 2. The van der Waals surface area contributed by atoms with Gasteiger partial charge < -0.3 is 33.7 Å². The highest BCUT2D eigenvalue weighted by molar-refractivity contribution is 6.35. The fraction of sp³-hybridized carbons (Fsp3) is 0.487. The zero-order chi connectivity index (χ0) is 38.0. The number of esters is 1. The fourth-order valence-electron chi connectivity index (χ4n) is 6.98. The van der Waals surface area contributed by atoms with Crippen molar-refractivity contribution in [3.8, 4) is 5.75 Å². The number of ether oxygens (including phenoxy) is 5. The van der Waals surface area contributed by atoms with Gasteiger partial charge in [-0.05, 0) is 56.9 Å². The third-order valence-corrected chi connectivity index (χ3v) is 10.6. The van der Waals surface area contributed by atoms with Crippen molar-refractivity contribution in [2.45, 2.75) is 95.5 Å². The number of allylic oxidation sites excluding steroid dienone is 3. The first kappa shape index (κ1) is 39.0. The molecule has 4 bridgehead atoms. The molecule has 2 amide bonds. The molecular weight excluding hydrogens is 692 g/mol. The number of rotatable bonds is 7. The van der Waals surface area contributed by atoms with Crippen molar-refractivity contribution in [1.29, 1.82) is 0 Å². The molecule has 3 aliphatic rings. The number of Topliss-reactive ketones (excluding diaryl/α,β-unsaturated/α-hetero) is 1. The number of ketones is 1. The Kier molecular flexibility index (Phi) is 11.8. The fourth-order valence-corrected chi connectivity index (χ4v) is 7.29. The Bertz CT molecular complexity index is 1760. The van der Waals surface area contributed by atoms with Crippen molar-refractivity contribution in [2.24, 2.45) is 5.92 Å². The first-order valence-corrected chi connectivity index (χ1v) is 17.6. The van der Waals surface area contributed by atoms with Crippen molar-refractivity contribution >= 4 is 41.0 Å². The summed E-state index contributed by atoms with van der Waals surface area (Å²) < 4.78 is 29.2. The molecule has 0 saturated carbocycles. The Hall–Kier alpha value is -4.23. The summed E-state index contributed by atoms with van der Waals surface area (Å²) in [5.41, 5.74) is 0.651. The van der Waals surface area contributed by atoms with Crippen molar-refractivity contribution in [1.82, 2.24) is 5.32 Å². The largest absolute Gasteiger partial charge is 0.495 e. The van der Waals surface area contributed by atoms with Crippen LogP contribution in [0.5, 0.6) is 5.75 Å².